The van der Waals surface area contributed by atoms with Crippen LogP contribution in [0.2, 0.25) is 0 Å². The Labute approximate surface area is 140 Å². The molecule has 0 unspecified atom stereocenters. The van der Waals surface area contributed by atoms with Gasteiger partial charge in [-0.25, -0.2) is 4.57 Å². The lowest BCUT2D eigenvalue weighted by Crippen LogP contribution is -2.31. The molecule has 0 heterocycles. The summed E-state index contributed by atoms with van der Waals surface area (Å²) in [5, 5.41) is 0. The molecular weight excluding hydrogens is 323 g/mol. The van der Waals surface area contributed by atoms with Crippen LogP contribution in [0.3, 0.4) is 0 Å². The minimum absolute atomic E-state index is 0.644. The predicted molar refractivity (Wildman–Crippen MR) is 92.3 cm³/mol. The summed E-state index contributed by atoms with van der Waals surface area (Å²) in [4.78, 5) is 19.3. The van der Waals surface area contributed by atoms with E-state index in [1.165, 1.54) is 0 Å². The molecule has 3 rings (SSSR count). The van der Waals surface area contributed by atoms with Crippen LogP contribution in [0.15, 0.2) is 91.0 Å². The zero-order valence-corrected chi connectivity index (χ0v) is 13.7. The van der Waals surface area contributed by atoms with Crippen LogP contribution in [0.1, 0.15) is 16.7 Å². The van der Waals surface area contributed by atoms with E-state index in [0.29, 0.717) is 16.7 Å². The second-order valence-electron chi connectivity index (χ2n) is 5.36. The van der Waals surface area contributed by atoms with Crippen molar-refractivity contribution in [2.45, 2.75) is 5.60 Å². The molecule has 122 valence electrons. The van der Waals surface area contributed by atoms with E-state index in [-0.39, 0.29) is 0 Å². The second-order valence-corrected chi connectivity index (χ2v) is 6.52. The lowest BCUT2D eigenvalue weighted by Gasteiger charge is -2.35. The fraction of sp³-hybridized carbons (Fsp3) is 0.0526. The third-order valence-corrected chi connectivity index (χ3v) is 4.31. The molecule has 0 aliphatic carbocycles. The zero-order chi connectivity index (χ0) is 17.0. The highest BCUT2D eigenvalue weighted by molar-refractivity contribution is 7.46. The average Bonchev–Trinajstić information content (AvgIpc) is 2.61. The van der Waals surface area contributed by atoms with Crippen molar-refractivity contribution < 1.29 is 18.9 Å². The topological polar surface area (TPSA) is 66.8 Å². The van der Waals surface area contributed by atoms with Crippen LogP contribution < -0.4 is 0 Å². The summed E-state index contributed by atoms with van der Waals surface area (Å²) >= 11 is 0. The van der Waals surface area contributed by atoms with Crippen molar-refractivity contribution in [2.75, 3.05) is 0 Å². The van der Waals surface area contributed by atoms with Crippen molar-refractivity contribution in [3.05, 3.63) is 108 Å². The van der Waals surface area contributed by atoms with Crippen molar-refractivity contribution in [3.8, 4) is 0 Å². The molecule has 0 fully saturated rings. The van der Waals surface area contributed by atoms with Gasteiger partial charge in [-0.2, -0.15) is 0 Å². The van der Waals surface area contributed by atoms with E-state index in [1.54, 1.807) is 36.4 Å². The van der Waals surface area contributed by atoms with Gasteiger partial charge >= 0.3 is 7.82 Å². The molecule has 0 aliphatic rings. The Morgan fingerprint density at radius 2 is 0.917 bits per heavy atom. The second kappa shape index (κ2) is 6.71. The van der Waals surface area contributed by atoms with E-state index in [0.717, 1.165) is 0 Å². The molecule has 24 heavy (non-hydrogen) atoms. The molecular formula is C19H17O4P. The van der Waals surface area contributed by atoms with Crippen molar-refractivity contribution in [1.82, 2.24) is 0 Å². The molecule has 0 aliphatic heterocycles. The van der Waals surface area contributed by atoms with E-state index >= 15 is 0 Å². The third-order valence-electron chi connectivity index (χ3n) is 3.80. The summed E-state index contributed by atoms with van der Waals surface area (Å²) in [5.41, 5.74) is 0.533. The Balaban J connectivity index is 2.35. The quantitative estimate of drug-likeness (QED) is 0.542. The molecule has 0 radical (unpaired) electrons. The standard InChI is InChI=1S/C19H17O4P/c20-24(21,22)23-19(16-10-4-1-5-11-16,17-12-6-2-7-13-17)18-14-8-3-9-15-18/h1-15H,(H2,20,21,22). The summed E-state index contributed by atoms with van der Waals surface area (Å²) in [6, 6.07) is 27.3. The highest BCUT2D eigenvalue weighted by Gasteiger charge is 2.43. The number of hydrogen-bond acceptors (Lipinski definition) is 2. The fourth-order valence-corrected chi connectivity index (χ4v) is 3.53. The summed E-state index contributed by atoms with van der Waals surface area (Å²) < 4.78 is 17.3. The maximum atomic E-state index is 11.8. The predicted octanol–water partition coefficient (Wildman–Crippen LogP) is 4.09. The monoisotopic (exact) mass is 340 g/mol. The van der Waals surface area contributed by atoms with E-state index in [1.807, 2.05) is 54.6 Å². The van der Waals surface area contributed by atoms with Gasteiger partial charge in [0, 0.05) is 0 Å². The van der Waals surface area contributed by atoms with Crippen molar-refractivity contribution in [1.29, 1.82) is 0 Å². The van der Waals surface area contributed by atoms with Gasteiger partial charge in [-0.05, 0) is 16.7 Å². The average molecular weight is 340 g/mol. The summed E-state index contributed by atoms with van der Waals surface area (Å²) in [7, 11) is -4.78. The smallest absolute Gasteiger partial charge is 0.303 e. The lowest BCUT2D eigenvalue weighted by molar-refractivity contribution is 0.0976. The van der Waals surface area contributed by atoms with Gasteiger partial charge in [0.25, 0.3) is 0 Å². The number of hydrogen-bond donors (Lipinski definition) is 2. The first kappa shape index (κ1) is 16.6. The van der Waals surface area contributed by atoms with Gasteiger partial charge in [-0.3, -0.25) is 4.52 Å². The van der Waals surface area contributed by atoms with E-state index in [4.69, 9.17) is 4.52 Å². The van der Waals surface area contributed by atoms with Crippen LogP contribution in [0.4, 0.5) is 0 Å². The molecule has 0 bridgehead atoms. The molecule has 4 nitrogen and oxygen atoms in total. The maximum absolute atomic E-state index is 11.8. The molecule has 0 saturated heterocycles. The van der Waals surface area contributed by atoms with Gasteiger partial charge in [0.15, 0.2) is 5.60 Å². The van der Waals surface area contributed by atoms with Crippen LogP contribution in [0.25, 0.3) is 0 Å². The molecule has 0 spiro atoms. The van der Waals surface area contributed by atoms with Crippen molar-refractivity contribution in [2.24, 2.45) is 0 Å². The molecule has 0 amide bonds. The van der Waals surface area contributed by atoms with E-state index < -0.39 is 13.4 Å². The van der Waals surface area contributed by atoms with Gasteiger partial charge in [-0.15, -0.1) is 0 Å². The number of benzene rings is 3. The van der Waals surface area contributed by atoms with Gasteiger partial charge in [0.05, 0.1) is 0 Å². The Morgan fingerprint density at radius 1 is 0.625 bits per heavy atom. The molecule has 0 aromatic heterocycles. The molecule has 0 saturated carbocycles. The van der Waals surface area contributed by atoms with Crippen LogP contribution in [-0.4, -0.2) is 9.79 Å². The number of phosphoric ester groups is 1. The molecule has 3 aromatic carbocycles. The van der Waals surface area contributed by atoms with E-state index in [9.17, 15) is 14.4 Å². The van der Waals surface area contributed by atoms with Gasteiger partial charge in [0.1, 0.15) is 0 Å². The Bertz CT molecular complexity index is 732. The number of rotatable bonds is 5. The van der Waals surface area contributed by atoms with E-state index in [2.05, 4.69) is 0 Å². The maximum Gasteiger partial charge on any atom is 0.471 e. The van der Waals surface area contributed by atoms with Crippen LogP contribution >= 0.6 is 7.82 Å². The minimum Gasteiger partial charge on any atom is -0.303 e. The van der Waals surface area contributed by atoms with Crippen molar-refractivity contribution in [3.63, 3.8) is 0 Å². The van der Waals surface area contributed by atoms with Crippen molar-refractivity contribution >= 4 is 7.82 Å². The Kier molecular flexibility index (Phi) is 4.65. The van der Waals surface area contributed by atoms with Gasteiger partial charge in [0.2, 0.25) is 0 Å². The zero-order valence-electron chi connectivity index (χ0n) is 12.8. The first-order valence-electron chi connectivity index (χ1n) is 7.45. The first-order valence-corrected chi connectivity index (χ1v) is 8.98. The van der Waals surface area contributed by atoms with Crippen LogP contribution in [0, 0.1) is 0 Å². The normalized spacial score (nSPS) is 12.1. The Hall–Kier alpha value is -2.23. The summed E-state index contributed by atoms with van der Waals surface area (Å²) in [6.07, 6.45) is 0. The molecule has 2 N–H and O–H groups in total. The summed E-state index contributed by atoms with van der Waals surface area (Å²) in [6.45, 7) is 0. The summed E-state index contributed by atoms with van der Waals surface area (Å²) in [5.74, 6) is 0. The molecule has 0 atom stereocenters. The number of phosphoric acid groups is 1. The molecule has 5 heteroatoms. The third kappa shape index (κ3) is 3.32. The first-order chi connectivity index (χ1) is 11.5. The highest BCUT2D eigenvalue weighted by Crippen LogP contribution is 2.51. The highest BCUT2D eigenvalue weighted by atomic mass is 31.2. The lowest BCUT2D eigenvalue weighted by atomic mass is 9.80. The largest absolute Gasteiger partial charge is 0.471 e. The van der Waals surface area contributed by atoms with Crippen LogP contribution in [0.5, 0.6) is 0 Å². The van der Waals surface area contributed by atoms with Gasteiger partial charge in [-0.1, -0.05) is 91.0 Å². The Morgan fingerprint density at radius 3 is 1.17 bits per heavy atom. The van der Waals surface area contributed by atoms with Crippen LogP contribution in [-0.2, 0) is 14.7 Å². The van der Waals surface area contributed by atoms with Gasteiger partial charge < -0.3 is 9.79 Å². The SMILES string of the molecule is O=P(O)(O)OC(c1ccccc1)(c1ccccc1)c1ccccc1. The molecule has 3 aromatic rings. The minimum atomic E-state index is -4.78. The fourth-order valence-electron chi connectivity index (χ4n) is 2.86.